The third-order valence-corrected chi connectivity index (χ3v) is 8.42. The Labute approximate surface area is 224 Å². The van der Waals surface area contributed by atoms with Crippen LogP contribution < -0.4 is 10.5 Å². The summed E-state index contributed by atoms with van der Waals surface area (Å²) in [4.78, 5) is 36.4. The first-order valence-corrected chi connectivity index (χ1v) is 14.5. The molecule has 8 heteroatoms. The molecule has 0 aliphatic carbocycles. The number of fused-ring (bicyclic) bond motifs is 1. The van der Waals surface area contributed by atoms with E-state index < -0.39 is 0 Å². The Morgan fingerprint density at radius 1 is 1.08 bits per heavy atom. The second kappa shape index (κ2) is 11.9. The molecular formula is C28H38N4O2S2. The number of nitrogens with zero attached hydrogens (tertiary/aromatic N) is 4. The van der Waals surface area contributed by atoms with Gasteiger partial charge in [0, 0.05) is 25.8 Å². The Bertz CT molecular complexity index is 1210. The van der Waals surface area contributed by atoms with E-state index in [1.807, 2.05) is 25.3 Å². The number of hydrogen-bond donors (Lipinski definition) is 0. The summed E-state index contributed by atoms with van der Waals surface area (Å²) in [5.74, 6) is 1.59. The van der Waals surface area contributed by atoms with E-state index in [0.717, 1.165) is 37.9 Å². The van der Waals surface area contributed by atoms with Crippen LogP contribution in [0.3, 0.4) is 0 Å². The van der Waals surface area contributed by atoms with Crippen molar-refractivity contribution in [3.8, 4) is 0 Å². The molecule has 1 amide bonds. The molecule has 36 heavy (non-hydrogen) atoms. The van der Waals surface area contributed by atoms with E-state index in [-0.39, 0.29) is 11.5 Å². The van der Waals surface area contributed by atoms with Gasteiger partial charge >= 0.3 is 0 Å². The maximum absolute atomic E-state index is 13.7. The Morgan fingerprint density at radius 3 is 2.50 bits per heavy atom. The lowest BCUT2D eigenvalue weighted by molar-refractivity contribution is -0.122. The van der Waals surface area contributed by atoms with E-state index in [9.17, 15) is 9.59 Å². The third-order valence-electron chi connectivity index (χ3n) is 7.04. The number of amides is 1. The number of piperidine rings is 1. The highest BCUT2D eigenvalue weighted by atomic mass is 32.2. The van der Waals surface area contributed by atoms with Crippen LogP contribution in [0, 0.1) is 18.8 Å². The number of thioether (sulfide) groups is 1. The highest BCUT2D eigenvalue weighted by Crippen LogP contribution is 2.35. The third kappa shape index (κ3) is 6.02. The number of carbonyl (C=O) groups is 1. The minimum absolute atomic E-state index is 0.0985. The summed E-state index contributed by atoms with van der Waals surface area (Å²) in [7, 11) is 0. The molecule has 0 saturated carbocycles. The van der Waals surface area contributed by atoms with Crippen molar-refractivity contribution in [1.82, 2.24) is 14.3 Å². The van der Waals surface area contributed by atoms with E-state index in [1.165, 1.54) is 37.4 Å². The van der Waals surface area contributed by atoms with Crippen LogP contribution in [0.25, 0.3) is 11.7 Å². The number of aromatic nitrogens is 2. The van der Waals surface area contributed by atoms with Gasteiger partial charge in [-0.15, -0.1) is 0 Å². The molecule has 2 atom stereocenters. The number of thiocarbonyl (C=S) groups is 1. The molecule has 0 spiro atoms. The molecule has 0 unspecified atom stereocenters. The SMILES string of the molecule is CCCCCCCCN1C(=O)/C(=C/c2c(N3C[C@H](C)C[C@@H](C)C3)nc3ccc(C)cn3c2=O)SC1=S. The summed E-state index contributed by atoms with van der Waals surface area (Å²) in [6, 6.07) is 3.86. The van der Waals surface area contributed by atoms with E-state index in [1.54, 1.807) is 15.4 Å². The van der Waals surface area contributed by atoms with Crippen LogP contribution in [-0.2, 0) is 4.79 Å². The second-order valence-electron chi connectivity index (χ2n) is 10.5. The van der Waals surface area contributed by atoms with Crippen LogP contribution in [0.4, 0.5) is 5.82 Å². The van der Waals surface area contributed by atoms with Crippen molar-refractivity contribution in [2.45, 2.75) is 72.6 Å². The molecule has 0 aromatic carbocycles. The summed E-state index contributed by atoms with van der Waals surface area (Å²) >= 11 is 6.86. The lowest BCUT2D eigenvalue weighted by Gasteiger charge is -2.36. The zero-order valence-corrected chi connectivity index (χ0v) is 23.6. The Morgan fingerprint density at radius 2 is 1.78 bits per heavy atom. The van der Waals surface area contributed by atoms with Gasteiger partial charge in [0.2, 0.25) is 0 Å². The van der Waals surface area contributed by atoms with Crippen LogP contribution in [0.2, 0.25) is 0 Å². The van der Waals surface area contributed by atoms with Gasteiger partial charge in [-0.3, -0.25) is 18.9 Å². The fraction of sp³-hybridized carbons (Fsp3) is 0.571. The first-order chi connectivity index (χ1) is 17.3. The molecule has 4 rings (SSSR count). The monoisotopic (exact) mass is 526 g/mol. The smallest absolute Gasteiger partial charge is 0.267 e. The zero-order chi connectivity index (χ0) is 25.8. The van der Waals surface area contributed by atoms with Crippen LogP contribution in [0.15, 0.2) is 28.0 Å². The van der Waals surface area contributed by atoms with Gasteiger partial charge < -0.3 is 4.90 Å². The Balaban J connectivity index is 1.66. The highest BCUT2D eigenvalue weighted by molar-refractivity contribution is 8.26. The van der Waals surface area contributed by atoms with Crippen molar-refractivity contribution in [3.05, 3.63) is 44.7 Å². The Kier molecular flexibility index (Phi) is 8.88. The van der Waals surface area contributed by atoms with E-state index >= 15 is 0 Å². The fourth-order valence-electron chi connectivity index (χ4n) is 5.32. The topological polar surface area (TPSA) is 57.9 Å². The minimum atomic E-state index is -0.147. The number of hydrogen-bond acceptors (Lipinski definition) is 6. The van der Waals surface area contributed by atoms with Gasteiger partial charge in [-0.2, -0.15) is 0 Å². The average molecular weight is 527 g/mol. The molecule has 2 saturated heterocycles. The first kappa shape index (κ1) is 26.9. The number of aryl methyl sites for hydroxylation is 1. The van der Waals surface area contributed by atoms with Gasteiger partial charge in [0.15, 0.2) is 0 Å². The average Bonchev–Trinajstić information content (AvgIpc) is 3.09. The van der Waals surface area contributed by atoms with Crippen LogP contribution >= 0.6 is 24.0 Å². The summed E-state index contributed by atoms with van der Waals surface area (Å²) in [6.45, 7) is 11.0. The predicted octanol–water partition coefficient (Wildman–Crippen LogP) is 6.05. The summed E-state index contributed by atoms with van der Waals surface area (Å²) in [5.41, 5.74) is 1.93. The van der Waals surface area contributed by atoms with Gasteiger partial charge in [0.1, 0.15) is 15.8 Å². The van der Waals surface area contributed by atoms with Crippen molar-refractivity contribution in [2.75, 3.05) is 24.5 Å². The largest absolute Gasteiger partial charge is 0.355 e. The van der Waals surface area contributed by atoms with Crippen LogP contribution in [0.1, 0.15) is 76.8 Å². The van der Waals surface area contributed by atoms with E-state index in [2.05, 4.69) is 25.7 Å². The predicted molar refractivity (Wildman–Crippen MR) is 155 cm³/mol. The fourth-order valence-corrected chi connectivity index (χ4v) is 6.61. The van der Waals surface area contributed by atoms with Gasteiger partial charge in [-0.1, -0.05) is 82.9 Å². The lowest BCUT2D eigenvalue weighted by Crippen LogP contribution is -2.40. The number of rotatable bonds is 9. The molecule has 2 aromatic heterocycles. The molecule has 2 aliphatic rings. The zero-order valence-electron chi connectivity index (χ0n) is 22.0. The maximum atomic E-state index is 13.7. The molecule has 6 nitrogen and oxygen atoms in total. The molecule has 4 heterocycles. The number of unbranched alkanes of at least 4 members (excludes halogenated alkanes) is 5. The first-order valence-electron chi connectivity index (χ1n) is 13.3. The Hall–Kier alpha value is -2.19. The lowest BCUT2D eigenvalue weighted by atomic mass is 9.91. The number of anilines is 1. The van der Waals surface area contributed by atoms with Crippen molar-refractivity contribution >= 4 is 51.7 Å². The van der Waals surface area contributed by atoms with Crippen molar-refractivity contribution in [2.24, 2.45) is 11.8 Å². The summed E-state index contributed by atoms with van der Waals surface area (Å²) < 4.78 is 2.17. The molecular weight excluding hydrogens is 488 g/mol. The second-order valence-corrected chi connectivity index (χ2v) is 12.2. The van der Waals surface area contributed by atoms with Gasteiger partial charge in [0.25, 0.3) is 11.5 Å². The summed E-state index contributed by atoms with van der Waals surface area (Å²) in [6.07, 6.45) is 11.7. The van der Waals surface area contributed by atoms with E-state index in [0.29, 0.717) is 44.6 Å². The molecule has 0 bridgehead atoms. The van der Waals surface area contributed by atoms with Gasteiger partial charge in [0.05, 0.1) is 10.5 Å². The normalized spacial score (nSPS) is 21.8. The molecule has 2 aromatic rings. The molecule has 194 valence electrons. The standard InChI is InChI=1S/C28H38N4O2S2/c1-5-6-7-8-9-10-13-31-27(34)23(36-28(31)35)15-22-25(30-16-20(3)14-21(4)17-30)29-24-12-11-19(2)18-32(24)26(22)33/h11-12,15,18,20-21H,5-10,13-14,16-17H2,1-4H3/b23-15-/t20-,21-/m1/s1. The van der Waals surface area contributed by atoms with Crippen molar-refractivity contribution < 1.29 is 4.79 Å². The van der Waals surface area contributed by atoms with Crippen molar-refractivity contribution in [3.63, 3.8) is 0 Å². The van der Waals surface area contributed by atoms with Crippen LogP contribution in [0.5, 0.6) is 0 Å². The van der Waals surface area contributed by atoms with Gasteiger partial charge in [-0.05, 0) is 49.3 Å². The summed E-state index contributed by atoms with van der Waals surface area (Å²) in [5, 5.41) is 0. The highest BCUT2D eigenvalue weighted by Gasteiger charge is 2.33. The van der Waals surface area contributed by atoms with Crippen molar-refractivity contribution in [1.29, 1.82) is 0 Å². The molecule has 2 fully saturated rings. The minimum Gasteiger partial charge on any atom is -0.355 e. The van der Waals surface area contributed by atoms with Gasteiger partial charge in [-0.25, -0.2) is 4.98 Å². The molecule has 0 N–H and O–H groups in total. The van der Waals surface area contributed by atoms with E-state index in [4.69, 9.17) is 17.2 Å². The molecule has 0 radical (unpaired) electrons. The quantitative estimate of drug-likeness (QED) is 0.225. The molecule has 2 aliphatic heterocycles. The number of carbonyl (C=O) groups excluding carboxylic acids is 1. The number of pyridine rings is 1. The maximum Gasteiger partial charge on any atom is 0.267 e. The van der Waals surface area contributed by atoms with Crippen LogP contribution in [-0.4, -0.2) is 44.1 Å².